The molecule has 0 spiro atoms. The fourth-order valence-electron chi connectivity index (χ4n) is 2.57. The van der Waals surface area contributed by atoms with Crippen LogP contribution in [-0.4, -0.2) is 36.3 Å². The van der Waals surface area contributed by atoms with E-state index >= 15 is 0 Å². The van der Waals surface area contributed by atoms with Gasteiger partial charge in [0.25, 0.3) is 0 Å². The first-order valence-corrected chi connectivity index (χ1v) is 6.95. The molecule has 2 unspecified atom stereocenters. The van der Waals surface area contributed by atoms with E-state index in [1.165, 1.54) is 0 Å². The lowest BCUT2D eigenvalue weighted by atomic mass is 10.1. The minimum absolute atomic E-state index is 0.125. The molecule has 0 radical (unpaired) electrons. The lowest BCUT2D eigenvalue weighted by Crippen LogP contribution is -2.45. The molecule has 0 heterocycles. The van der Waals surface area contributed by atoms with Crippen LogP contribution >= 0.6 is 0 Å². The summed E-state index contributed by atoms with van der Waals surface area (Å²) in [6.07, 6.45) is 3.49. The zero-order valence-electron chi connectivity index (χ0n) is 11.7. The number of hydrogen-bond acceptors (Lipinski definition) is 4. The van der Waals surface area contributed by atoms with Crippen LogP contribution in [0.15, 0.2) is 24.3 Å². The van der Waals surface area contributed by atoms with E-state index in [2.05, 4.69) is 5.32 Å². The molecule has 1 aromatic carbocycles. The van der Waals surface area contributed by atoms with Crippen LogP contribution in [0.25, 0.3) is 0 Å². The highest BCUT2D eigenvalue weighted by molar-refractivity contribution is 5.82. The number of benzene rings is 1. The molecular formula is C15H22N2O3. The third-order valence-electron chi connectivity index (χ3n) is 3.79. The van der Waals surface area contributed by atoms with E-state index in [0.29, 0.717) is 6.42 Å². The maximum absolute atomic E-state index is 12.0. The zero-order chi connectivity index (χ0) is 14.5. The first kappa shape index (κ1) is 14.8. The number of phenols is 1. The van der Waals surface area contributed by atoms with Crippen LogP contribution in [0.2, 0.25) is 0 Å². The third kappa shape index (κ3) is 3.95. The highest BCUT2D eigenvalue weighted by atomic mass is 16.5. The second kappa shape index (κ2) is 6.72. The van der Waals surface area contributed by atoms with Crippen molar-refractivity contribution in [3.05, 3.63) is 29.8 Å². The number of nitrogens with one attached hydrogen (secondary N) is 1. The number of amides is 1. The maximum Gasteiger partial charge on any atom is 0.237 e. The van der Waals surface area contributed by atoms with E-state index in [1.807, 2.05) is 0 Å². The Bertz CT molecular complexity index is 447. The minimum Gasteiger partial charge on any atom is -0.508 e. The van der Waals surface area contributed by atoms with Crippen LogP contribution in [0.5, 0.6) is 5.75 Å². The van der Waals surface area contributed by atoms with Crippen LogP contribution in [0.4, 0.5) is 0 Å². The fraction of sp³-hybridized carbons (Fsp3) is 0.533. The topological polar surface area (TPSA) is 84.6 Å². The van der Waals surface area contributed by atoms with Crippen molar-refractivity contribution in [1.29, 1.82) is 0 Å². The summed E-state index contributed by atoms with van der Waals surface area (Å²) in [5.41, 5.74) is 6.86. The van der Waals surface area contributed by atoms with Gasteiger partial charge in [-0.3, -0.25) is 4.79 Å². The molecular weight excluding hydrogens is 256 g/mol. The van der Waals surface area contributed by atoms with Crippen LogP contribution in [0.1, 0.15) is 24.8 Å². The number of methoxy groups -OCH3 is 1. The van der Waals surface area contributed by atoms with E-state index in [4.69, 9.17) is 10.5 Å². The summed E-state index contributed by atoms with van der Waals surface area (Å²) >= 11 is 0. The number of phenolic OH excluding ortho intramolecular Hbond substituents is 1. The van der Waals surface area contributed by atoms with Gasteiger partial charge in [0.05, 0.1) is 12.1 Å². The number of aromatic hydroxyl groups is 1. The molecule has 1 aromatic rings. The molecule has 1 amide bonds. The van der Waals surface area contributed by atoms with Crippen molar-refractivity contribution in [2.24, 2.45) is 5.73 Å². The summed E-state index contributed by atoms with van der Waals surface area (Å²) in [5.74, 6) is 0.0863. The molecule has 5 nitrogen and oxygen atoms in total. The van der Waals surface area contributed by atoms with Crippen LogP contribution in [0.3, 0.4) is 0 Å². The standard InChI is InChI=1S/C15H22N2O3/c1-20-13-7-4-11(9-13)17-15(19)14(16)8-10-2-5-12(18)6-3-10/h2-3,5-6,11,13-14,18H,4,7-9,16H2,1H3,(H,17,19)/t11?,13?,14-/m0/s1. The summed E-state index contributed by atoms with van der Waals surface area (Å²) in [5, 5.41) is 12.2. The predicted octanol–water partition coefficient (Wildman–Crippen LogP) is 0.946. The lowest BCUT2D eigenvalue weighted by molar-refractivity contribution is -0.123. The first-order chi connectivity index (χ1) is 9.58. The Labute approximate surface area is 119 Å². The van der Waals surface area contributed by atoms with Crippen molar-refractivity contribution in [2.75, 3.05) is 7.11 Å². The Kier molecular flexibility index (Phi) is 4.98. The van der Waals surface area contributed by atoms with Gasteiger partial charge in [-0.15, -0.1) is 0 Å². The molecule has 0 aromatic heterocycles. The van der Waals surface area contributed by atoms with Crippen LogP contribution < -0.4 is 11.1 Å². The number of rotatable bonds is 5. The second-order valence-electron chi connectivity index (χ2n) is 5.35. The van der Waals surface area contributed by atoms with E-state index in [1.54, 1.807) is 31.4 Å². The zero-order valence-corrected chi connectivity index (χ0v) is 11.7. The molecule has 2 rings (SSSR count). The van der Waals surface area contributed by atoms with Gasteiger partial charge in [0, 0.05) is 13.2 Å². The van der Waals surface area contributed by atoms with Gasteiger partial charge in [-0.1, -0.05) is 12.1 Å². The molecule has 20 heavy (non-hydrogen) atoms. The maximum atomic E-state index is 12.0. The van der Waals surface area contributed by atoms with Crippen molar-refractivity contribution >= 4 is 5.91 Å². The molecule has 110 valence electrons. The van der Waals surface area contributed by atoms with Gasteiger partial charge in [0.1, 0.15) is 5.75 Å². The number of hydrogen-bond donors (Lipinski definition) is 3. The van der Waals surface area contributed by atoms with E-state index in [0.717, 1.165) is 24.8 Å². The predicted molar refractivity (Wildman–Crippen MR) is 76.4 cm³/mol. The van der Waals surface area contributed by atoms with Crippen LogP contribution in [-0.2, 0) is 16.0 Å². The fourth-order valence-corrected chi connectivity index (χ4v) is 2.57. The highest BCUT2D eigenvalue weighted by Gasteiger charge is 2.27. The monoisotopic (exact) mass is 278 g/mol. The Morgan fingerprint density at radius 2 is 2.15 bits per heavy atom. The molecule has 1 aliphatic carbocycles. The Morgan fingerprint density at radius 3 is 2.75 bits per heavy atom. The van der Waals surface area contributed by atoms with Crippen molar-refractivity contribution in [3.8, 4) is 5.75 Å². The minimum atomic E-state index is -0.568. The summed E-state index contributed by atoms with van der Waals surface area (Å²) < 4.78 is 5.28. The quantitative estimate of drug-likeness (QED) is 0.748. The Morgan fingerprint density at radius 1 is 1.45 bits per heavy atom. The first-order valence-electron chi connectivity index (χ1n) is 6.95. The Balaban J connectivity index is 1.81. The smallest absolute Gasteiger partial charge is 0.237 e. The number of ether oxygens (including phenoxy) is 1. The summed E-state index contributed by atoms with van der Waals surface area (Å²) in [7, 11) is 1.70. The number of carbonyl (C=O) groups is 1. The van der Waals surface area contributed by atoms with Crippen molar-refractivity contribution in [3.63, 3.8) is 0 Å². The lowest BCUT2D eigenvalue weighted by Gasteiger charge is -2.17. The van der Waals surface area contributed by atoms with E-state index in [-0.39, 0.29) is 23.8 Å². The average Bonchev–Trinajstić information content (AvgIpc) is 2.89. The molecule has 5 heteroatoms. The summed E-state index contributed by atoms with van der Waals surface area (Å²) in [4.78, 5) is 12.0. The summed E-state index contributed by atoms with van der Waals surface area (Å²) in [6.45, 7) is 0. The van der Waals surface area contributed by atoms with E-state index in [9.17, 15) is 9.90 Å². The molecule has 0 bridgehead atoms. The SMILES string of the molecule is COC1CCC(NC(=O)[C@@H](N)Cc2ccc(O)cc2)C1. The molecule has 1 fully saturated rings. The number of carbonyl (C=O) groups excluding carboxylic acids is 1. The van der Waals surface area contributed by atoms with Gasteiger partial charge in [-0.05, 0) is 43.4 Å². The van der Waals surface area contributed by atoms with E-state index < -0.39 is 6.04 Å². The van der Waals surface area contributed by atoms with Gasteiger partial charge >= 0.3 is 0 Å². The molecule has 1 saturated carbocycles. The largest absolute Gasteiger partial charge is 0.508 e. The van der Waals surface area contributed by atoms with Gasteiger partial charge in [0.15, 0.2) is 0 Å². The second-order valence-corrected chi connectivity index (χ2v) is 5.35. The van der Waals surface area contributed by atoms with Crippen molar-refractivity contribution < 1.29 is 14.6 Å². The van der Waals surface area contributed by atoms with Crippen molar-refractivity contribution in [2.45, 2.75) is 43.9 Å². The third-order valence-corrected chi connectivity index (χ3v) is 3.79. The summed E-state index contributed by atoms with van der Waals surface area (Å²) in [6, 6.07) is 6.34. The average molecular weight is 278 g/mol. The Hall–Kier alpha value is -1.59. The highest BCUT2D eigenvalue weighted by Crippen LogP contribution is 2.21. The molecule has 4 N–H and O–H groups in total. The molecule has 1 aliphatic rings. The van der Waals surface area contributed by atoms with Crippen LogP contribution in [0, 0.1) is 0 Å². The van der Waals surface area contributed by atoms with Gasteiger partial charge in [0.2, 0.25) is 5.91 Å². The van der Waals surface area contributed by atoms with Gasteiger partial charge < -0.3 is 20.9 Å². The van der Waals surface area contributed by atoms with Gasteiger partial charge in [-0.25, -0.2) is 0 Å². The molecule has 0 saturated heterocycles. The van der Waals surface area contributed by atoms with Gasteiger partial charge in [-0.2, -0.15) is 0 Å². The number of nitrogens with two attached hydrogens (primary N) is 1. The molecule has 3 atom stereocenters. The molecule has 0 aliphatic heterocycles. The van der Waals surface area contributed by atoms with Crippen molar-refractivity contribution in [1.82, 2.24) is 5.32 Å². The normalized spacial score (nSPS) is 23.5.